The molecule has 0 aliphatic carbocycles. The minimum absolute atomic E-state index is 0.133. The van der Waals surface area contributed by atoms with Crippen LogP contribution in [-0.2, 0) is 16.0 Å². The maximum Gasteiger partial charge on any atom is 0.327 e. The van der Waals surface area contributed by atoms with Gasteiger partial charge in [-0.15, -0.1) is 0 Å². The molecule has 156 valence electrons. The number of carboxylic acid groups (broad SMARTS) is 1. The van der Waals surface area contributed by atoms with Crippen LogP contribution in [0, 0.1) is 5.82 Å². The first-order chi connectivity index (χ1) is 14.9. The molecule has 1 N–H and O–H groups in total. The lowest BCUT2D eigenvalue weighted by Gasteiger charge is -2.23. The van der Waals surface area contributed by atoms with Crippen molar-refractivity contribution in [3.8, 4) is 11.3 Å². The number of halogens is 1. The summed E-state index contributed by atoms with van der Waals surface area (Å²) in [6.07, 6.45) is 1.62. The summed E-state index contributed by atoms with van der Waals surface area (Å²) in [7, 11) is 0. The van der Waals surface area contributed by atoms with E-state index in [0.717, 1.165) is 22.2 Å². The van der Waals surface area contributed by atoms with Crippen molar-refractivity contribution in [3.63, 3.8) is 0 Å². The molecule has 1 fully saturated rings. The van der Waals surface area contributed by atoms with Gasteiger partial charge in [-0.2, -0.15) is 0 Å². The van der Waals surface area contributed by atoms with E-state index in [1.165, 1.54) is 12.1 Å². The highest BCUT2D eigenvalue weighted by molar-refractivity contribution is 8.26. The van der Waals surface area contributed by atoms with Gasteiger partial charge >= 0.3 is 5.97 Å². The number of thiocarbonyl (C=S) groups is 1. The van der Waals surface area contributed by atoms with E-state index in [9.17, 15) is 19.1 Å². The number of aliphatic carboxylic acids is 1. The number of benzene rings is 2. The molecule has 0 radical (unpaired) electrons. The summed E-state index contributed by atoms with van der Waals surface area (Å²) >= 11 is 6.32. The van der Waals surface area contributed by atoms with Crippen molar-refractivity contribution in [1.82, 2.24) is 4.90 Å². The number of hydrogen-bond donors (Lipinski definition) is 1. The van der Waals surface area contributed by atoms with Crippen molar-refractivity contribution in [2.24, 2.45) is 0 Å². The first-order valence-corrected chi connectivity index (χ1v) is 10.5. The third-order valence-corrected chi connectivity index (χ3v) is 6.06. The van der Waals surface area contributed by atoms with Crippen molar-refractivity contribution in [1.29, 1.82) is 0 Å². The van der Waals surface area contributed by atoms with Gasteiger partial charge < -0.3 is 9.52 Å². The maximum atomic E-state index is 14.0. The summed E-state index contributed by atoms with van der Waals surface area (Å²) in [6, 6.07) is 17.4. The molecule has 0 saturated carbocycles. The Morgan fingerprint density at radius 2 is 1.84 bits per heavy atom. The van der Waals surface area contributed by atoms with Gasteiger partial charge in [0.2, 0.25) is 0 Å². The number of thioether (sulfide) groups is 1. The van der Waals surface area contributed by atoms with Gasteiger partial charge in [0.1, 0.15) is 27.7 Å². The Kier molecular flexibility index (Phi) is 6.01. The number of nitrogens with zero attached hydrogens (tertiary/aromatic N) is 1. The molecule has 0 bridgehead atoms. The van der Waals surface area contributed by atoms with Crippen LogP contribution in [0.3, 0.4) is 0 Å². The highest BCUT2D eigenvalue weighted by Crippen LogP contribution is 2.35. The van der Waals surface area contributed by atoms with E-state index >= 15 is 0 Å². The third-order valence-electron chi connectivity index (χ3n) is 4.73. The summed E-state index contributed by atoms with van der Waals surface area (Å²) in [5.41, 5.74) is 1.09. The molecule has 3 aromatic rings. The number of hydrogen-bond acceptors (Lipinski definition) is 5. The van der Waals surface area contributed by atoms with E-state index in [1.54, 1.807) is 42.5 Å². The van der Waals surface area contributed by atoms with Crippen LogP contribution in [0.5, 0.6) is 0 Å². The molecule has 4 rings (SSSR count). The average Bonchev–Trinajstić information content (AvgIpc) is 3.32. The van der Waals surface area contributed by atoms with Crippen molar-refractivity contribution in [2.75, 3.05) is 0 Å². The van der Waals surface area contributed by atoms with Crippen molar-refractivity contribution in [3.05, 3.63) is 88.8 Å². The Morgan fingerprint density at radius 3 is 2.55 bits per heavy atom. The topological polar surface area (TPSA) is 70.8 Å². The quantitative estimate of drug-likeness (QED) is 0.419. The zero-order valence-electron chi connectivity index (χ0n) is 16.0. The smallest absolute Gasteiger partial charge is 0.327 e. The number of carboxylic acids is 1. The zero-order valence-corrected chi connectivity index (χ0v) is 17.7. The Balaban J connectivity index is 1.58. The lowest BCUT2D eigenvalue weighted by molar-refractivity contribution is -0.145. The molecular formula is C23H16FNO4S2. The second-order valence-corrected chi connectivity index (χ2v) is 8.45. The first kappa shape index (κ1) is 21.0. The van der Waals surface area contributed by atoms with Crippen molar-refractivity contribution < 1.29 is 23.5 Å². The number of carbonyl (C=O) groups is 2. The van der Waals surface area contributed by atoms with E-state index in [2.05, 4.69) is 0 Å². The molecule has 2 heterocycles. The van der Waals surface area contributed by atoms with Crippen LogP contribution in [0.4, 0.5) is 4.39 Å². The minimum Gasteiger partial charge on any atom is -0.480 e. The molecule has 1 atom stereocenters. The van der Waals surface area contributed by atoms with Crippen LogP contribution < -0.4 is 0 Å². The molecule has 31 heavy (non-hydrogen) atoms. The normalized spacial score (nSPS) is 16.2. The highest BCUT2D eigenvalue weighted by Gasteiger charge is 2.40. The summed E-state index contributed by atoms with van der Waals surface area (Å²) in [6.45, 7) is 0. The van der Waals surface area contributed by atoms with E-state index in [4.69, 9.17) is 16.6 Å². The van der Waals surface area contributed by atoms with Gasteiger partial charge in [-0.05, 0) is 29.8 Å². The van der Waals surface area contributed by atoms with Gasteiger partial charge in [-0.3, -0.25) is 9.69 Å². The Hall–Kier alpha value is -3.23. The fraction of sp³-hybridized carbons (Fsp3) is 0.0870. The van der Waals surface area contributed by atoms with Gasteiger partial charge in [-0.25, -0.2) is 9.18 Å². The molecule has 1 saturated heterocycles. The average molecular weight is 454 g/mol. The molecule has 1 aliphatic rings. The third kappa shape index (κ3) is 4.45. The highest BCUT2D eigenvalue weighted by atomic mass is 32.2. The summed E-state index contributed by atoms with van der Waals surface area (Å²) in [5.74, 6) is -1.38. The molecule has 5 nitrogen and oxygen atoms in total. The Bertz CT molecular complexity index is 1190. The lowest BCUT2D eigenvalue weighted by Crippen LogP contribution is -2.45. The van der Waals surface area contributed by atoms with E-state index in [-0.39, 0.29) is 15.6 Å². The molecule has 2 aromatic carbocycles. The number of rotatable bonds is 6. The van der Waals surface area contributed by atoms with Crippen LogP contribution in [0.15, 0.2) is 76.1 Å². The largest absolute Gasteiger partial charge is 0.480 e. The summed E-state index contributed by atoms with van der Waals surface area (Å²) in [4.78, 5) is 26.3. The SMILES string of the molecule is O=C(O)[C@@H](Cc1ccccc1)N1C(=O)/C(=C/c2ccc(-c3ccccc3F)o2)SC1=S. The summed E-state index contributed by atoms with van der Waals surface area (Å²) in [5, 5.41) is 9.73. The number of carbonyl (C=O) groups excluding carboxylic acids is 1. The van der Waals surface area contributed by atoms with Gasteiger partial charge in [0.15, 0.2) is 0 Å². The molecule has 1 aliphatic heterocycles. The van der Waals surface area contributed by atoms with E-state index < -0.39 is 23.7 Å². The minimum atomic E-state index is -1.14. The van der Waals surface area contributed by atoms with E-state index in [0.29, 0.717) is 17.1 Å². The predicted molar refractivity (Wildman–Crippen MR) is 121 cm³/mol. The van der Waals surface area contributed by atoms with Gasteiger partial charge in [-0.1, -0.05) is 66.4 Å². The first-order valence-electron chi connectivity index (χ1n) is 9.32. The van der Waals surface area contributed by atoms with Crippen LogP contribution in [-0.4, -0.2) is 32.2 Å². The van der Waals surface area contributed by atoms with Crippen LogP contribution in [0.1, 0.15) is 11.3 Å². The van der Waals surface area contributed by atoms with Gasteiger partial charge in [0, 0.05) is 12.5 Å². The van der Waals surface area contributed by atoms with Crippen LogP contribution in [0.2, 0.25) is 0 Å². The molecular weight excluding hydrogens is 437 g/mol. The van der Waals surface area contributed by atoms with Crippen molar-refractivity contribution >= 4 is 46.3 Å². The lowest BCUT2D eigenvalue weighted by atomic mass is 10.0. The fourth-order valence-corrected chi connectivity index (χ4v) is 4.58. The predicted octanol–water partition coefficient (Wildman–Crippen LogP) is 4.98. The zero-order chi connectivity index (χ0) is 22.0. The summed E-state index contributed by atoms with van der Waals surface area (Å²) < 4.78 is 19.8. The van der Waals surface area contributed by atoms with Gasteiger partial charge in [0.25, 0.3) is 5.91 Å². The van der Waals surface area contributed by atoms with Crippen LogP contribution in [0.25, 0.3) is 17.4 Å². The number of furan rings is 1. The second-order valence-electron chi connectivity index (χ2n) is 6.78. The standard InChI is InChI=1S/C23H16FNO4S2/c24-17-9-5-4-8-16(17)19-11-10-15(29-19)13-20-21(26)25(23(30)31-20)18(22(27)28)12-14-6-2-1-3-7-14/h1-11,13,18H,12H2,(H,27,28)/b20-13-/t18-/m1/s1. The monoisotopic (exact) mass is 453 g/mol. The van der Waals surface area contributed by atoms with Crippen molar-refractivity contribution in [2.45, 2.75) is 12.5 Å². The number of amides is 1. The second kappa shape index (κ2) is 8.87. The Labute approximate surface area is 187 Å². The maximum absolute atomic E-state index is 14.0. The Morgan fingerprint density at radius 1 is 1.13 bits per heavy atom. The molecule has 0 unspecified atom stereocenters. The van der Waals surface area contributed by atoms with E-state index in [1.807, 2.05) is 18.2 Å². The molecule has 1 amide bonds. The molecule has 0 spiro atoms. The van der Waals surface area contributed by atoms with Crippen LogP contribution >= 0.6 is 24.0 Å². The van der Waals surface area contributed by atoms with Gasteiger partial charge in [0.05, 0.1) is 10.5 Å². The molecule has 8 heteroatoms. The fourth-order valence-electron chi connectivity index (χ4n) is 3.24. The molecule has 1 aromatic heterocycles.